The van der Waals surface area contributed by atoms with Crippen LogP contribution >= 0.6 is 11.3 Å². The number of anilines is 1. The molecule has 2 heterocycles. The van der Waals surface area contributed by atoms with Gasteiger partial charge >= 0.3 is 0 Å². The van der Waals surface area contributed by atoms with Crippen molar-refractivity contribution in [3.63, 3.8) is 0 Å². The van der Waals surface area contributed by atoms with E-state index in [4.69, 9.17) is 10.2 Å². The van der Waals surface area contributed by atoms with Crippen LogP contribution in [0.2, 0.25) is 0 Å². The topological polar surface area (TPSA) is 81.2 Å². The number of hydrogen-bond donors (Lipinski definition) is 2. The summed E-state index contributed by atoms with van der Waals surface area (Å²) in [6.45, 7) is 4.51. The number of amides is 1. The van der Waals surface area contributed by atoms with Gasteiger partial charge in [-0.05, 0) is 24.3 Å². The van der Waals surface area contributed by atoms with Gasteiger partial charge in [-0.25, -0.2) is 4.98 Å². The summed E-state index contributed by atoms with van der Waals surface area (Å²) in [5.74, 6) is 0.775. The number of nitrogens with zero attached hydrogens (tertiary/aromatic N) is 1. The highest BCUT2D eigenvalue weighted by molar-refractivity contribution is 7.18. The van der Waals surface area contributed by atoms with E-state index in [0.717, 1.165) is 20.9 Å². The molecular weight excluding hydrogens is 298 g/mol. The maximum absolute atomic E-state index is 12.2. The van der Waals surface area contributed by atoms with Crippen LogP contribution in [0.5, 0.6) is 0 Å². The molecule has 22 heavy (non-hydrogen) atoms. The number of benzene rings is 1. The van der Waals surface area contributed by atoms with Gasteiger partial charge < -0.3 is 15.5 Å². The molecule has 0 saturated carbocycles. The molecule has 0 fully saturated rings. The first-order valence-corrected chi connectivity index (χ1v) is 7.88. The van der Waals surface area contributed by atoms with Crippen molar-refractivity contribution in [3.8, 4) is 0 Å². The number of hydrogen-bond acceptors (Lipinski definition) is 5. The Hall–Kier alpha value is -2.18. The molecule has 0 bridgehead atoms. The Labute approximate surface area is 132 Å². The minimum absolute atomic E-state index is 0.212. The summed E-state index contributed by atoms with van der Waals surface area (Å²) in [6, 6.07) is 7.38. The number of carbonyl (C=O) groups excluding carboxylic acids is 1. The lowest BCUT2D eigenvalue weighted by molar-refractivity contribution is 0.102. The van der Waals surface area contributed by atoms with Crippen molar-refractivity contribution in [1.82, 2.24) is 4.98 Å². The standard InChI is InChI=1S/C16H17N3O2S/c1-9(2)16-19-13-4-3-11(6-14(13)22-16)18-15(20)10-5-12(7-17)21-8-10/h3-6,8-9H,7,17H2,1-2H3,(H,18,20). The number of furan rings is 1. The van der Waals surface area contributed by atoms with Crippen LogP contribution in [0.25, 0.3) is 10.2 Å². The zero-order chi connectivity index (χ0) is 15.7. The van der Waals surface area contributed by atoms with E-state index in [1.54, 1.807) is 17.4 Å². The average molecular weight is 315 g/mol. The molecule has 0 aliphatic carbocycles. The lowest BCUT2D eigenvalue weighted by atomic mass is 10.2. The van der Waals surface area contributed by atoms with E-state index in [-0.39, 0.29) is 12.5 Å². The van der Waals surface area contributed by atoms with E-state index in [2.05, 4.69) is 24.1 Å². The summed E-state index contributed by atoms with van der Waals surface area (Å²) >= 11 is 1.65. The number of fused-ring (bicyclic) bond motifs is 1. The summed E-state index contributed by atoms with van der Waals surface area (Å²) in [4.78, 5) is 16.8. The molecule has 114 valence electrons. The van der Waals surface area contributed by atoms with Gasteiger partial charge in [-0.15, -0.1) is 11.3 Å². The summed E-state index contributed by atoms with van der Waals surface area (Å²) < 4.78 is 6.24. The Morgan fingerprint density at radius 3 is 2.91 bits per heavy atom. The first kappa shape index (κ1) is 14.7. The second-order valence-corrected chi connectivity index (χ2v) is 6.41. The van der Waals surface area contributed by atoms with Crippen molar-refractivity contribution in [2.75, 3.05) is 5.32 Å². The van der Waals surface area contributed by atoms with Gasteiger partial charge in [0.25, 0.3) is 5.91 Å². The maximum atomic E-state index is 12.2. The summed E-state index contributed by atoms with van der Waals surface area (Å²) in [6.07, 6.45) is 1.42. The van der Waals surface area contributed by atoms with E-state index in [0.29, 0.717) is 17.2 Å². The fraction of sp³-hybridized carbons (Fsp3) is 0.250. The van der Waals surface area contributed by atoms with Crippen molar-refractivity contribution >= 4 is 33.1 Å². The van der Waals surface area contributed by atoms with E-state index < -0.39 is 0 Å². The molecule has 0 aliphatic rings. The second kappa shape index (κ2) is 5.90. The largest absolute Gasteiger partial charge is 0.467 e. The number of carbonyl (C=O) groups is 1. The molecule has 0 aliphatic heterocycles. The van der Waals surface area contributed by atoms with Crippen molar-refractivity contribution in [2.24, 2.45) is 5.73 Å². The third-order valence-electron chi connectivity index (χ3n) is 3.27. The summed E-state index contributed by atoms with van der Waals surface area (Å²) in [7, 11) is 0. The van der Waals surface area contributed by atoms with Crippen molar-refractivity contribution < 1.29 is 9.21 Å². The second-order valence-electron chi connectivity index (χ2n) is 5.35. The Morgan fingerprint density at radius 2 is 2.23 bits per heavy atom. The molecule has 3 aromatic rings. The number of thiazole rings is 1. The monoisotopic (exact) mass is 315 g/mol. The van der Waals surface area contributed by atoms with Crippen molar-refractivity contribution in [3.05, 3.63) is 46.9 Å². The van der Waals surface area contributed by atoms with Crippen LogP contribution in [-0.4, -0.2) is 10.9 Å². The van der Waals surface area contributed by atoms with Gasteiger partial charge in [0, 0.05) is 11.6 Å². The molecule has 0 unspecified atom stereocenters. The zero-order valence-corrected chi connectivity index (χ0v) is 13.2. The molecule has 0 atom stereocenters. The lowest BCUT2D eigenvalue weighted by Gasteiger charge is -2.02. The fourth-order valence-corrected chi connectivity index (χ4v) is 3.09. The number of nitrogens with two attached hydrogens (primary N) is 1. The fourth-order valence-electron chi connectivity index (χ4n) is 2.08. The van der Waals surface area contributed by atoms with Gasteiger partial charge in [0.05, 0.1) is 27.3 Å². The van der Waals surface area contributed by atoms with Crippen molar-refractivity contribution in [1.29, 1.82) is 0 Å². The third-order valence-corrected chi connectivity index (χ3v) is 4.59. The first-order valence-electron chi connectivity index (χ1n) is 7.06. The number of nitrogens with one attached hydrogen (secondary N) is 1. The highest BCUT2D eigenvalue weighted by Crippen LogP contribution is 2.29. The van der Waals surface area contributed by atoms with Crippen LogP contribution in [0.1, 0.15) is 40.9 Å². The molecule has 3 rings (SSSR count). The van der Waals surface area contributed by atoms with Gasteiger partial charge in [-0.1, -0.05) is 13.8 Å². The van der Waals surface area contributed by atoms with Crippen LogP contribution in [0.3, 0.4) is 0 Å². The molecule has 0 spiro atoms. The quantitative estimate of drug-likeness (QED) is 0.768. The van der Waals surface area contributed by atoms with Gasteiger partial charge in [-0.3, -0.25) is 4.79 Å². The van der Waals surface area contributed by atoms with Gasteiger partial charge in [0.1, 0.15) is 12.0 Å². The third kappa shape index (κ3) is 2.88. The van der Waals surface area contributed by atoms with Gasteiger partial charge in [0.2, 0.25) is 0 Å². The predicted octanol–water partition coefficient (Wildman–Crippen LogP) is 3.72. The minimum Gasteiger partial charge on any atom is -0.467 e. The van der Waals surface area contributed by atoms with E-state index in [1.807, 2.05) is 18.2 Å². The molecule has 2 aromatic heterocycles. The molecular formula is C16H17N3O2S. The maximum Gasteiger partial charge on any atom is 0.258 e. The minimum atomic E-state index is -0.212. The molecule has 0 radical (unpaired) electrons. The van der Waals surface area contributed by atoms with Gasteiger partial charge in [0.15, 0.2) is 0 Å². The molecule has 1 amide bonds. The van der Waals surface area contributed by atoms with Crippen LogP contribution in [0.15, 0.2) is 34.9 Å². The number of rotatable bonds is 4. The molecule has 5 nitrogen and oxygen atoms in total. The molecule has 1 aromatic carbocycles. The Balaban J connectivity index is 1.82. The molecule has 0 saturated heterocycles. The smallest absolute Gasteiger partial charge is 0.258 e. The van der Waals surface area contributed by atoms with E-state index in [9.17, 15) is 4.79 Å². The van der Waals surface area contributed by atoms with Crippen LogP contribution in [-0.2, 0) is 6.54 Å². The molecule has 3 N–H and O–H groups in total. The highest BCUT2D eigenvalue weighted by Gasteiger charge is 2.12. The average Bonchev–Trinajstić information content (AvgIpc) is 3.13. The highest BCUT2D eigenvalue weighted by atomic mass is 32.1. The molecule has 6 heteroatoms. The summed E-state index contributed by atoms with van der Waals surface area (Å²) in [5, 5.41) is 3.96. The van der Waals surface area contributed by atoms with E-state index in [1.165, 1.54) is 6.26 Å². The van der Waals surface area contributed by atoms with Crippen LogP contribution in [0.4, 0.5) is 5.69 Å². The van der Waals surface area contributed by atoms with Crippen LogP contribution < -0.4 is 11.1 Å². The summed E-state index contributed by atoms with van der Waals surface area (Å²) in [5.41, 5.74) is 7.64. The predicted molar refractivity (Wildman–Crippen MR) is 88.3 cm³/mol. The van der Waals surface area contributed by atoms with E-state index >= 15 is 0 Å². The Bertz CT molecular complexity index is 820. The SMILES string of the molecule is CC(C)c1nc2ccc(NC(=O)c3coc(CN)c3)cc2s1. The Morgan fingerprint density at radius 1 is 1.41 bits per heavy atom. The zero-order valence-electron chi connectivity index (χ0n) is 12.4. The lowest BCUT2D eigenvalue weighted by Crippen LogP contribution is -2.10. The first-order chi connectivity index (χ1) is 10.6. The van der Waals surface area contributed by atoms with Crippen LogP contribution in [0, 0.1) is 0 Å². The number of aromatic nitrogens is 1. The van der Waals surface area contributed by atoms with Crippen molar-refractivity contribution in [2.45, 2.75) is 26.3 Å². The Kier molecular flexibility index (Phi) is 3.96. The van der Waals surface area contributed by atoms with Gasteiger partial charge in [-0.2, -0.15) is 0 Å². The normalized spacial score (nSPS) is 11.3.